The summed E-state index contributed by atoms with van der Waals surface area (Å²) in [4.78, 5) is 17.3. The van der Waals surface area contributed by atoms with Crippen LogP contribution in [0.3, 0.4) is 0 Å². The monoisotopic (exact) mass is 341 g/mol. The van der Waals surface area contributed by atoms with Gasteiger partial charge in [0.25, 0.3) is 0 Å². The topological polar surface area (TPSA) is 54.4 Å². The third-order valence-corrected chi connectivity index (χ3v) is 5.77. The summed E-state index contributed by atoms with van der Waals surface area (Å²) in [5.41, 5.74) is 1.26. The van der Waals surface area contributed by atoms with Crippen molar-refractivity contribution < 1.29 is 9.13 Å². The Morgan fingerprint density at radius 3 is 2.76 bits per heavy atom. The van der Waals surface area contributed by atoms with Crippen molar-refractivity contribution in [3.8, 4) is 11.3 Å². The lowest BCUT2D eigenvalue weighted by atomic mass is 9.75. The molecule has 2 aromatic rings. The minimum Gasteiger partial charge on any atom is -0.351 e. The van der Waals surface area contributed by atoms with Crippen LogP contribution in [0.25, 0.3) is 11.3 Å². The summed E-state index contributed by atoms with van der Waals surface area (Å²) < 4.78 is 19.7. The van der Waals surface area contributed by atoms with Crippen molar-refractivity contribution in [2.75, 3.05) is 37.8 Å². The first-order valence-electron chi connectivity index (χ1n) is 8.76. The Bertz CT molecular complexity index is 795. The highest BCUT2D eigenvalue weighted by atomic mass is 19.1. The van der Waals surface area contributed by atoms with Crippen LogP contribution < -0.4 is 4.90 Å². The highest BCUT2D eigenvalue weighted by Gasteiger charge is 2.51. The van der Waals surface area contributed by atoms with E-state index in [1.165, 1.54) is 44.5 Å². The van der Waals surface area contributed by atoms with E-state index in [2.05, 4.69) is 24.8 Å². The van der Waals surface area contributed by atoms with Gasteiger partial charge in [0, 0.05) is 24.4 Å². The lowest BCUT2D eigenvalue weighted by Gasteiger charge is -2.50. The highest BCUT2D eigenvalue weighted by molar-refractivity contribution is 5.61. The molecular formula is C18H20FN5O. The van der Waals surface area contributed by atoms with Gasteiger partial charge >= 0.3 is 0 Å². The Morgan fingerprint density at radius 1 is 1.12 bits per heavy atom. The summed E-state index contributed by atoms with van der Waals surface area (Å²) >= 11 is 0. The van der Waals surface area contributed by atoms with Crippen molar-refractivity contribution in [3.05, 3.63) is 36.7 Å². The van der Waals surface area contributed by atoms with E-state index in [9.17, 15) is 4.39 Å². The molecule has 0 saturated carbocycles. The van der Waals surface area contributed by atoms with Crippen molar-refractivity contribution in [1.82, 2.24) is 19.9 Å². The van der Waals surface area contributed by atoms with Crippen LogP contribution in [0.5, 0.6) is 0 Å². The number of fused-ring (bicyclic) bond motifs is 2. The van der Waals surface area contributed by atoms with E-state index in [4.69, 9.17) is 4.74 Å². The van der Waals surface area contributed by atoms with E-state index in [0.717, 1.165) is 18.9 Å². The van der Waals surface area contributed by atoms with Gasteiger partial charge in [-0.25, -0.2) is 14.4 Å². The van der Waals surface area contributed by atoms with Gasteiger partial charge in [0.1, 0.15) is 30.3 Å². The minimum atomic E-state index is -0.367. The average molecular weight is 341 g/mol. The molecule has 0 aliphatic carbocycles. The van der Waals surface area contributed by atoms with Crippen LogP contribution in [-0.2, 0) is 4.74 Å². The van der Waals surface area contributed by atoms with E-state index >= 15 is 0 Å². The molecule has 6 rings (SSSR count). The predicted octanol–water partition coefficient (Wildman–Crippen LogP) is 1.94. The molecule has 6 nitrogen and oxygen atoms in total. The molecule has 1 spiro atoms. The van der Waals surface area contributed by atoms with E-state index in [1.807, 2.05) is 6.07 Å². The number of rotatable bonds is 2. The third kappa shape index (κ3) is 2.58. The van der Waals surface area contributed by atoms with Gasteiger partial charge in [-0.2, -0.15) is 0 Å². The second-order valence-corrected chi connectivity index (χ2v) is 7.24. The minimum absolute atomic E-state index is 0.0674. The molecule has 0 amide bonds. The second kappa shape index (κ2) is 5.71. The van der Waals surface area contributed by atoms with E-state index in [0.29, 0.717) is 23.9 Å². The molecule has 0 N–H and O–H groups in total. The van der Waals surface area contributed by atoms with Gasteiger partial charge in [-0.05, 0) is 37.9 Å². The number of ether oxygens (including phenoxy) is 1. The van der Waals surface area contributed by atoms with Crippen LogP contribution in [0.4, 0.5) is 10.2 Å². The van der Waals surface area contributed by atoms with Crippen LogP contribution in [0.15, 0.2) is 30.9 Å². The highest BCUT2D eigenvalue weighted by Crippen LogP contribution is 2.42. The number of anilines is 1. The molecule has 6 heterocycles. The number of nitrogens with zero attached hydrogens (tertiary/aromatic N) is 5. The van der Waals surface area contributed by atoms with Crippen LogP contribution in [0.2, 0.25) is 0 Å². The zero-order valence-electron chi connectivity index (χ0n) is 13.9. The Balaban J connectivity index is 1.40. The molecular weight excluding hydrogens is 321 g/mol. The maximum atomic E-state index is 13.4. The second-order valence-electron chi connectivity index (χ2n) is 7.24. The summed E-state index contributed by atoms with van der Waals surface area (Å²) in [6.45, 7) is 4.80. The number of hydrogen-bond acceptors (Lipinski definition) is 6. The summed E-state index contributed by atoms with van der Waals surface area (Å²) in [6, 6.07) is 3.33. The summed E-state index contributed by atoms with van der Waals surface area (Å²) in [7, 11) is 0. The van der Waals surface area contributed by atoms with E-state index < -0.39 is 0 Å². The Kier molecular flexibility index (Phi) is 3.46. The molecule has 1 atom stereocenters. The van der Waals surface area contributed by atoms with Gasteiger partial charge in [-0.3, -0.25) is 4.98 Å². The molecule has 0 radical (unpaired) electrons. The molecule has 2 aromatic heterocycles. The maximum Gasteiger partial charge on any atom is 0.142 e. The van der Waals surface area contributed by atoms with Crippen LogP contribution >= 0.6 is 0 Å². The predicted molar refractivity (Wildman–Crippen MR) is 90.4 cm³/mol. The molecule has 4 fully saturated rings. The van der Waals surface area contributed by atoms with Gasteiger partial charge in [0.2, 0.25) is 0 Å². The zero-order chi connectivity index (χ0) is 16.9. The fraction of sp³-hybridized carbons (Fsp3) is 0.500. The summed E-state index contributed by atoms with van der Waals surface area (Å²) in [6.07, 6.45) is 6.77. The van der Waals surface area contributed by atoms with Crippen molar-refractivity contribution in [2.24, 2.45) is 5.92 Å². The molecule has 4 aliphatic rings. The lowest BCUT2D eigenvalue weighted by Crippen LogP contribution is -2.61. The van der Waals surface area contributed by atoms with Gasteiger partial charge < -0.3 is 14.5 Å². The summed E-state index contributed by atoms with van der Waals surface area (Å²) in [5.74, 6) is 1.09. The number of hydrogen-bond donors (Lipinski definition) is 0. The average Bonchev–Trinajstić information content (AvgIpc) is 3.06. The molecule has 4 saturated heterocycles. The molecule has 0 unspecified atom stereocenters. The lowest BCUT2D eigenvalue weighted by molar-refractivity contribution is -0.116. The number of halogens is 1. The van der Waals surface area contributed by atoms with E-state index in [1.54, 1.807) is 6.20 Å². The fourth-order valence-corrected chi connectivity index (χ4v) is 4.47. The Hall–Kier alpha value is -2.12. The quantitative estimate of drug-likeness (QED) is 0.832. The van der Waals surface area contributed by atoms with Gasteiger partial charge in [0.05, 0.1) is 18.4 Å². The molecule has 25 heavy (non-hydrogen) atoms. The Morgan fingerprint density at radius 2 is 2.00 bits per heavy atom. The number of pyridine rings is 1. The van der Waals surface area contributed by atoms with Crippen molar-refractivity contribution in [3.63, 3.8) is 0 Å². The summed E-state index contributed by atoms with van der Waals surface area (Å²) in [5, 5.41) is 0. The van der Waals surface area contributed by atoms with Gasteiger partial charge in [-0.1, -0.05) is 0 Å². The van der Waals surface area contributed by atoms with Crippen molar-refractivity contribution in [1.29, 1.82) is 0 Å². The normalized spacial score (nSPS) is 31.0. The first kappa shape index (κ1) is 15.2. The SMILES string of the molecule is Fc1cncc(-c2cc(N3CO[C@]4(CN5CCC4CC5)C3)ncn2)c1. The van der Waals surface area contributed by atoms with Crippen LogP contribution in [0, 0.1) is 11.7 Å². The smallest absolute Gasteiger partial charge is 0.142 e. The first-order chi connectivity index (χ1) is 12.2. The standard InChI is InChI=1S/C18H20FN5O/c19-15-5-13(7-20-8-15)16-6-17(22-11-21-16)24-10-18(25-12-24)9-23-3-1-14(18)2-4-23/h5-8,11,14H,1-4,9-10,12H2/t18-/m1/s1. The molecule has 2 bridgehead atoms. The largest absolute Gasteiger partial charge is 0.351 e. The van der Waals surface area contributed by atoms with Crippen molar-refractivity contribution >= 4 is 5.82 Å². The molecule has 4 aliphatic heterocycles. The zero-order valence-corrected chi connectivity index (χ0v) is 13.9. The van der Waals surface area contributed by atoms with Gasteiger partial charge in [0.15, 0.2) is 0 Å². The number of aromatic nitrogens is 3. The maximum absolute atomic E-state index is 13.4. The molecule has 7 heteroatoms. The van der Waals surface area contributed by atoms with Crippen LogP contribution in [-0.4, -0.2) is 58.4 Å². The first-order valence-corrected chi connectivity index (χ1v) is 8.76. The molecule has 0 aromatic carbocycles. The Labute approximate surface area is 145 Å². The third-order valence-electron chi connectivity index (χ3n) is 5.77. The van der Waals surface area contributed by atoms with E-state index in [-0.39, 0.29) is 11.4 Å². The van der Waals surface area contributed by atoms with Crippen LogP contribution in [0.1, 0.15) is 12.8 Å². The van der Waals surface area contributed by atoms with Gasteiger partial charge in [-0.15, -0.1) is 0 Å². The fourth-order valence-electron chi connectivity index (χ4n) is 4.47. The molecule has 130 valence electrons. The number of piperidine rings is 3. The van der Waals surface area contributed by atoms with Crippen molar-refractivity contribution in [2.45, 2.75) is 18.4 Å².